The highest BCUT2D eigenvalue weighted by molar-refractivity contribution is 9.10. The lowest BCUT2D eigenvalue weighted by Crippen LogP contribution is -2.46. The number of halogens is 2. The first kappa shape index (κ1) is 13.8. The number of amides is 1. The van der Waals surface area contributed by atoms with Crippen LogP contribution >= 0.6 is 27.5 Å². The van der Waals surface area contributed by atoms with Gasteiger partial charge in [-0.1, -0.05) is 17.7 Å². The number of hydrogen-bond acceptors (Lipinski definition) is 2. The number of benzene rings is 1. The first-order chi connectivity index (χ1) is 8.53. The molecule has 0 spiro atoms. The quantitative estimate of drug-likeness (QED) is 0.871. The van der Waals surface area contributed by atoms with Gasteiger partial charge >= 0.3 is 0 Å². The summed E-state index contributed by atoms with van der Waals surface area (Å²) >= 11 is 9.40. The molecule has 2 N–H and O–H groups in total. The van der Waals surface area contributed by atoms with Crippen LogP contribution in [0.1, 0.15) is 19.8 Å². The Labute approximate surface area is 120 Å². The normalized spacial score (nSPS) is 23.7. The Hall–Kier alpha value is -0.580. The van der Waals surface area contributed by atoms with Crippen LogP contribution in [-0.2, 0) is 4.79 Å². The molecule has 1 heterocycles. The second-order valence-electron chi connectivity index (χ2n) is 4.90. The summed E-state index contributed by atoms with van der Waals surface area (Å²) in [6.07, 6.45) is 1.94. The largest absolute Gasteiger partial charge is 0.325 e. The lowest BCUT2D eigenvalue weighted by Gasteiger charge is -2.32. The average molecular weight is 332 g/mol. The Kier molecular flexibility index (Phi) is 4.30. The zero-order chi connectivity index (χ0) is 13.2. The smallest absolute Gasteiger partial charge is 0.231 e. The van der Waals surface area contributed by atoms with Gasteiger partial charge in [-0.3, -0.25) is 4.79 Å². The van der Waals surface area contributed by atoms with E-state index in [2.05, 4.69) is 26.6 Å². The maximum atomic E-state index is 12.3. The summed E-state index contributed by atoms with van der Waals surface area (Å²) in [7, 11) is 0. The highest BCUT2D eigenvalue weighted by atomic mass is 79.9. The molecule has 1 amide bonds. The SMILES string of the molecule is CC1(C(=O)Nc2cccc(Cl)c2Br)CCCNC1. The Morgan fingerprint density at radius 1 is 1.56 bits per heavy atom. The van der Waals surface area contributed by atoms with Crippen molar-refractivity contribution in [2.24, 2.45) is 5.41 Å². The van der Waals surface area contributed by atoms with Crippen LogP contribution in [0, 0.1) is 5.41 Å². The molecule has 0 saturated carbocycles. The van der Waals surface area contributed by atoms with Gasteiger partial charge in [0.05, 0.1) is 20.6 Å². The van der Waals surface area contributed by atoms with Crippen molar-refractivity contribution in [3.8, 4) is 0 Å². The summed E-state index contributed by atoms with van der Waals surface area (Å²) in [4.78, 5) is 12.3. The van der Waals surface area contributed by atoms with Crippen LogP contribution < -0.4 is 10.6 Å². The molecule has 3 nitrogen and oxygen atoms in total. The monoisotopic (exact) mass is 330 g/mol. The zero-order valence-corrected chi connectivity index (χ0v) is 12.6. The minimum Gasteiger partial charge on any atom is -0.325 e. The second kappa shape index (κ2) is 5.59. The van der Waals surface area contributed by atoms with Crippen LogP contribution in [0.4, 0.5) is 5.69 Å². The lowest BCUT2D eigenvalue weighted by atomic mass is 9.82. The first-order valence-electron chi connectivity index (χ1n) is 5.99. The fraction of sp³-hybridized carbons (Fsp3) is 0.462. The molecule has 0 radical (unpaired) electrons. The Balaban J connectivity index is 2.13. The van der Waals surface area contributed by atoms with E-state index in [1.54, 1.807) is 6.07 Å². The summed E-state index contributed by atoms with van der Waals surface area (Å²) in [6, 6.07) is 5.45. The summed E-state index contributed by atoms with van der Waals surface area (Å²) in [5.74, 6) is 0.0395. The van der Waals surface area contributed by atoms with Gasteiger partial charge in [-0.2, -0.15) is 0 Å². The number of nitrogens with one attached hydrogen (secondary N) is 2. The van der Waals surface area contributed by atoms with E-state index >= 15 is 0 Å². The molecular formula is C13H16BrClN2O. The minimum atomic E-state index is -0.347. The van der Waals surface area contributed by atoms with E-state index in [4.69, 9.17) is 11.6 Å². The van der Waals surface area contributed by atoms with Gasteiger partial charge in [0.2, 0.25) is 5.91 Å². The average Bonchev–Trinajstić information content (AvgIpc) is 2.36. The van der Waals surface area contributed by atoms with Crippen molar-refractivity contribution >= 4 is 39.1 Å². The van der Waals surface area contributed by atoms with Crippen LogP contribution in [-0.4, -0.2) is 19.0 Å². The van der Waals surface area contributed by atoms with Gasteiger partial charge in [0.25, 0.3) is 0 Å². The van der Waals surface area contributed by atoms with E-state index in [9.17, 15) is 4.79 Å². The molecule has 1 aromatic carbocycles. The number of rotatable bonds is 2. The predicted molar refractivity (Wildman–Crippen MR) is 78.0 cm³/mol. The molecule has 1 aliphatic heterocycles. The molecule has 1 aliphatic rings. The molecule has 0 bridgehead atoms. The fourth-order valence-corrected chi connectivity index (χ4v) is 2.66. The van der Waals surface area contributed by atoms with Crippen LogP contribution in [0.15, 0.2) is 22.7 Å². The van der Waals surface area contributed by atoms with Gasteiger partial charge < -0.3 is 10.6 Å². The molecule has 98 valence electrons. The van der Waals surface area contributed by atoms with E-state index in [0.29, 0.717) is 5.02 Å². The predicted octanol–water partition coefficient (Wildman–Crippen LogP) is 3.43. The highest BCUT2D eigenvalue weighted by Crippen LogP contribution is 2.32. The maximum Gasteiger partial charge on any atom is 0.231 e. The van der Waals surface area contributed by atoms with Crippen molar-refractivity contribution in [2.75, 3.05) is 18.4 Å². The summed E-state index contributed by atoms with van der Waals surface area (Å²) in [6.45, 7) is 3.70. The number of piperidine rings is 1. The number of anilines is 1. The molecule has 18 heavy (non-hydrogen) atoms. The summed E-state index contributed by atoms with van der Waals surface area (Å²) in [5.41, 5.74) is 0.374. The molecular weight excluding hydrogens is 316 g/mol. The number of hydrogen-bond donors (Lipinski definition) is 2. The van der Waals surface area contributed by atoms with E-state index in [0.717, 1.165) is 36.1 Å². The third kappa shape index (κ3) is 2.87. The lowest BCUT2D eigenvalue weighted by molar-refractivity contribution is -0.125. The van der Waals surface area contributed by atoms with Crippen molar-refractivity contribution in [3.63, 3.8) is 0 Å². The Bertz CT molecular complexity index is 458. The zero-order valence-electron chi connectivity index (χ0n) is 10.2. The van der Waals surface area contributed by atoms with Crippen molar-refractivity contribution < 1.29 is 4.79 Å². The minimum absolute atomic E-state index is 0.0395. The van der Waals surface area contributed by atoms with Crippen LogP contribution in [0.25, 0.3) is 0 Å². The second-order valence-corrected chi connectivity index (χ2v) is 6.10. The van der Waals surface area contributed by atoms with E-state index in [-0.39, 0.29) is 11.3 Å². The van der Waals surface area contributed by atoms with Crippen molar-refractivity contribution in [1.29, 1.82) is 0 Å². The molecule has 1 unspecified atom stereocenters. The Morgan fingerprint density at radius 2 is 2.33 bits per heavy atom. The molecule has 1 saturated heterocycles. The van der Waals surface area contributed by atoms with Gasteiger partial charge in [0, 0.05) is 6.54 Å². The molecule has 1 aromatic rings. The van der Waals surface area contributed by atoms with E-state index in [1.807, 2.05) is 19.1 Å². The first-order valence-corrected chi connectivity index (χ1v) is 7.16. The molecule has 0 aliphatic carbocycles. The number of carbonyl (C=O) groups excluding carboxylic acids is 1. The molecule has 0 aromatic heterocycles. The van der Waals surface area contributed by atoms with Crippen molar-refractivity contribution in [2.45, 2.75) is 19.8 Å². The third-order valence-corrected chi connectivity index (χ3v) is 4.74. The third-order valence-electron chi connectivity index (χ3n) is 3.35. The van der Waals surface area contributed by atoms with Crippen molar-refractivity contribution in [3.05, 3.63) is 27.7 Å². The van der Waals surface area contributed by atoms with Gasteiger partial charge in [-0.15, -0.1) is 0 Å². The van der Waals surface area contributed by atoms with Gasteiger partial charge in [0.15, 0.2) is 0 Å². The van der Waals surface area contributed by atoms with E-state index < -0.39 is 0 Å². The number of carbonyl (C=O) groups is 1. The van der Waals surface area contributed by atoms with Crippen molar-refractivity contribution in [1.82, 2.24) is 5.32 Å². The fourth-order valence-electron chi connectivity index (χ4n) is 2.12. The maximum absolute atomic E-state index is 12.3. The van der Waals surface area contributed by atoms with Crippen LogP contribution in [0.2, 0.25) is 5.02 Å². The van der Waals surface area contributed by atoms with Gasteiger partial charge in [-0.05, 0) is 54.4 Å². The highest BCUT2D eigenvalue weighted by Gasteiger charge is 2.34. The molecule has 5 heteroatoms. The van der Waals surface area contributed by atoms with E-state index in [1.165, 1.54) is 0 Å². The molecule has 1 atom stereocenters. The summed E-state index contributed by atoms with van der Waals surface area (Å²) < 4.78 is 0.729. The standard InChI is InChI=1S/C13H16BrClN2O/c1-13(6-3-7-16-8-13)12(18)17-10-5-2-4-9(15)11(10)14/h2,4-5,16H,3,6-8H2,1H3,(H,17,18). The molecule has 1 fully saturated rings. The van der Waals surface area contributed by atoms with Gasteiger partial charge in [-0.25, -0.2) is 0 Å². The topological polar surface area (TPSA) is 41.1 Å². The summed E-state index contributed by atoms with van der Waals surface area (Å²) in [5, 5.41) is 6.82. The Morgan fingerprint density at radius 3 is 3.00 bits per heavy atom. The van der Waals surface area contributed by atoms with Gasteiger partial charge in [0.1, 0.15) is 0 Å². The van der Waals surface area contributed by atoms with Crippen LogP contribution in [0.5, 0.6) is 0 Å². The van der Waals surface area contributed by atoms with Crippen LogP contribution in [0.3, 0.4) is 0 Å². The molecule has 2 rings (SSSR count).